The summed E-state index contributed by atoms with van der Waals surface area (Å²) in [5.74, 6) is 1.28. The minimum atomic E-state index is -0.464. The van der Waals surface area contributed by atoms with Crippen LogP contribution >= 0.6 is 0 Å². The number of fused-ring (bicyclic) bond motifs is 1. The first kappa shape index (κ1) is 21.2. The van der Waals surface area contributed by atoms with Gasteiger partial charge in [0.25, 0.3) is 0 Å². The van der Waals surface area contributed by atoms with E-state index in [-0.39, 0.29) is 24.2 Å². The SMILES string of the molecule is Cc1c(C)c2c(c(C)c1O)CCC(C)(COc1ccc(CC3CC(=O)NC3=O)cc1)O2. The average Bonchev–Trinajstić information content (AvgIpc) is 3.06. The van der Waals surface area contributed by atoms with Crippen molar-refractivity contribution in [3.05, 3.63) is 52.1 Å². The van der Waals surface area contributed by atoms with E-state index in [0.29, 0.717) is 18.8 Å². The smallest absolute Gasteiger partial charge is 0.230 e. The van der Waals surface area contributed by atoms with E-state index in [1.807, 2.05) is 45.0 Å². The molecule has 2 aliphatic rings. The van der Waals surface area contributed by atoms with Crippen LogP contribution in [0.1, 0.15) is 47.6 Å². The molecule has 0 aliphatic carbocycles. The number of aromatic hydroxyl groups is 1. The highest BCUT2D eigenvalue weighted by molar-refractivity contribution is 6.03. The molecule has 0 spiro atoms. The van der Waals surface area contributed by atoms with Gasteiger partial charge >= 0.3 is 0 Å². The monoisotopic (exact) mass is 423 g/mol. The third kappa shape index (κ3) is 4.11. The quantitative estimate of drug-likeness (QED) is 0.717. The van der Waals surface area contributed by atoms with Crippen LogP contribution in [0.15, 0.2) is 24.3 Å². The summed E-state index contributed by atoms with van der Waals surface area (Å²) >= 11 is 0. The number of carbonyl (C=O) groups excluding carboxylic acids is 2. The molecule has 2 N–H and O–H groups in total. The lowest BCUT2D eigenvalue weighted by Gasteiger charge is -2.37. The van der Waals surface area contributed by atoms with Gasteiger partial charge in [0.2, 0.25) is 11.8 Å². The van der Waals surface area contributed by atoms with E-state index in [9.17, 15) is 14.7 Å². The number of hydrogen-bond donors (Lipinski definition) is 2. The summed E-state index contributed by atoms with van der Waals surface area (Å²) < 4.78 is 12.5. The number of phenols is 1. The number of ether oxygens (including phenoxy) is 2. The van der Waals surface area contributed by atoms with Gasteiger partial charge in [-0.1, -0.05) is 12.1 Å². The maximum atomic E-state index is 11.8. The summed E-state index contributed by atoms with van der Waals surface area (Å²) in [6.45, 7) is 8.30. The number of phenolic OH excluding ortho intramolecular Hbond substituents is 1. The van der Waals surface area contributed by atoms with Gasteiger partial charge in [-0.2, -0.15) is 0 Å². The Morgan fingerprint density at radius 1 is 1.13 bits per heavy atom. The van der Waals surface area contributed by atoms with Crippen LogP contribution in [0.25, 0.3) is 0 Å². The second-order valence-corrected chi connectivity index (χ2v) is 9.03. The zero-order valence-electron chi connectivity index (χ0n) is 18.5. The van der Waals surface area contributed by atoms with Crippen LogP contribution in [0.2, 0.25) is 0 Å². The van der Waals surface area contributed by atoms with Gasteiger partial charge in [0.05, 0.1) is 5.92 Å². The molecular formula is C25H29NO5. The summed E-state index contributed by atoms with van der Waals surface area (Å²) in [6, 6.07) is 7.65. The van der Waals surface area contributed by atoms with Crippen LogP contribution in [0, 0.1) is 26.7 Å². The predicted octanol–water partition coefficient (Wildman–Crippen LogP) is 3.69. The Kier molecular flexibility index (Phi) is 5.42. The molecule has 2 unspecified atom stereocenters. The van der Waals surface area contributed by atoms with Gasteiger partial charge in [-0.15, -0.1) is 0 Å². The minimum Gasteiger partial charge on any atom is -0.507 e. The van der Waals surface area contributed by atoms with E-state index in [1.165, 1.54) is 0 Å². The molecule has 1 saturated heterocycles. The summed E-state index contributed by atoms with van der Waals surface area (Å²) in [5.41, 5.74) is 4.34. The first-order chi connectivity index (χ1) is 14.7. The Labute approximate surface area is 182 Å². The number of benzene rings is 2. The Balaban J connectivity index is 1.41. The van der Waals surface area contributed by atoms with Gasteiger partial charge < -0.3 is 14.6 Å². The van der Waals surface area contributed by atoms with Crippen LogP contribution in [-0.4, -0.2) is 29.1 Å². The van der Waals surface area contributed by atoms with Gasteiger partial charge in [0, 0.05) is 12.0 Å². The molecule has 164 valence electrons. The minimum absolute atomic E-state index is 0.193. The molecule has 2 aromatic carbocycles. The summed E-state index contributed by atoms with van der Waals surface area (Å²) in [4.78, 5) is 23.1. The second kappa shape index (κ2) is 7.91. The zero-order valence-corrected chi connectivity index (χ0v) is 18.5. The van der Waals surface area contributed by atoms with Gasteiger partial charge in [-0.05, 0) is 81.3 Å². The van der Waals surface area contributed by atoms with Crippen LogP contribution in [0.5, 0.6) is 17.2 Å². The second-order valence-electron chi connectivity index (χ2n) is 9.03. The fourth-order valence-corrected chi connectivity index (χ4v) is 4.41. The molecule has 2 aromatic rings. The molecule has 2 atom stereocenters. The number of hydrogen-bond acceptors (Lipinski definition) is 5. The first-order valence-corrected chi connectivity index (χ1v) is 10.7. The van der Waals surface area contributed by atoms with Gasteiger partial charge in [-0.3, -0.25) is 14.9 Å². The summed E-state index contributed by atoms with van der Waals surface area (Å²) in [7, 11) is 0. The van der Waals surface area contributed by atoms with Crippen LogP contribution in [-0.2, 0) is 22.4 Å². The lowest BCUT2D eigenvalue weighted by atomic mass is 9.87. The van der Waals surface area contributed by atoms with Crippen LogP contribution in [0.3, 0.4) is 0 Å². The third-order valence-electron chi connectivity index (χ3n) is 6.61. The molecule has 0 aromatic heterocycles. The van der Waals surface area contributed by atoms with Crippen molar-refractivity contribution in [1.82, 2.24) is 5.32 Å². The van der Waals surface area contributed by atoms with E-state index in [2.05, 4.69) is 12.2 Å². The zero-order chi connectivity index (χ0) is 22.3. The fourth-order valence-electron chi connectivity index (χ4n) is 4.41. The number of nitrogens with one attached hydrogen (secondary N) is 1. The molecule has 2 aliphatic heterocycles. The number of amides is 2. The normalized spacial score (nSPS) is 22.6. The summed E-state index contributed by atoms with van der Waals surface area (Å²) in [5, 5.41) is 12.7. The Morgan fingerprint density at radius 2 is 1.84 bits per heavy atom. The maximum Gasteiger partial charge on any atom is 0.230 e. The van der Waals surface area contributed by atoms with Crippen molar-refractivity contribution in [1.29, 1.82) is 0 Å². The van der Waals surface area contributed by atoms with Crippen LogP contribution < -0.4 is 14.8 Å². The molecule has 31 heavy (non-hydrogen) atoms. The molecule has 4 rings (SSSR count). The molecular weight excluding hydrogens is 394 g/mol. The van der Waals surface area contributed by atoms with Gasteiger partial charge in [-0.25, -0.2) is 0 Å². The molecule has 6 nitrogen and oxygen atoms in total. The van der Waals surface area contributed by atoms with Crippen molar-refractivity contribution in [2.45, 2.75) is 59.0 Å². The van der Waals surface area contributed by atoms with Crippen LogP contribution in [0.4, 0.5) is 0 Å². The number of carbonyl (C=O) groups is 2. The Hall–Kier alpha value is -3.02. The first-order valence-electron chi connectivity index (χ1n) is 10.7. The van der Waals surface area contributed by atoms with Crippen molar-refractivity contribution < 1.29 is 24.2 Å². The maximum absolute atomic E-state index is 11.8. The van der Waals surface area contributed by atoms with E-state index >= 15 is 0 Å². The van der Waals surface area contributed by atoms with Crippen molar-refractivity contribution >= 4 is 11.8 Å². The van der Waals surface area contributed by atoms with Crippen molar-refractivity contribution in [3.63, 3.8) is 0 Å². The molecule has 2 amide bonds. The molecule has 0 saturated carbocycles. The standard InChI is InChI=1S/C25H29NO5/c1-14-15(2)23-20(16(3)22(14)28)9-10-25(4,31-23)13-30-19-7-5-17(6-8-19)11-18-12-21(27)26-24(18)29/h5-8,18,28H,9-13H2,1-4H3,(H,26,27,29). The Morgan fingerprint density at radius 3 is 2.48 bits per heavy atom. The topological polar surface area (TPSA) is 84.9 Å². The Bertz CT molecular complexity index is 1040. The van der Waals surface area contributed by atoms with Crippen molar-refractivity contribution in [2.75, 3.05) is 6.61 Å². The number of imide groups is 1. The molecule has 6 heteroatoms. The molecule has 0 bridgehead atoms. The lowest BCUT2D eigenvalue weighted by Crippen LogP contribution is -2.42. The van der Waals surface area contributed by atoms with E-state index in [4.69, 9.17) is 9.47 Å². The van der Waals surface area contributed by atoms with E-state index < -0.39 is 5.60 Å². The predicted molar refractivity (Wildman–Crippen MR) is 117 cm³/mol. The lowest BCUT2D eigenvalue weighted by molar-refractivity contribution is -0.125. The molecule has 0 radical (unpaired) electrons. The highest BCUT2D eigenvalue weighted by Gasteiger charge is 2.35. The van der Waals surface area contributed by atoms with E-state index in [0.717, 1.165) is 52.2 Å². The largest absolute Gasteiger partial charge is 0.507 e. The highest BCUT2D eigenvalue weighted by atomic mass is 16.5. The van der Waals surface area contributed by atoms with E-state index in [1.54, 1.807) is 0 Å². The number of rotatable bonds is 5. The fraction of sp³-hybridized carbons (Fsp3) is 0.440. The van der Waals surface area contributed by atoms with Crippen molar-refractivity contribution in [3.8, 4) is 17.2 Å². The average molecular weight is 424 g/mol. The molecule has 2 heterocycles. The van der Waals surface area contributed by atoms with Crippen molar-refractivity contribution in [2.24, 2.45) is 5.92 Å². The third-order valence-corrected chi connectivity index (χ3v) is 6.61. The van der Waals surface area contributed by atoms with Gasteiger partial charge in [0.1, 0.15) is 29.5 Å². The molecule has 1 fully saturated rings. The highest BCUT2D eigenvalue weighted by Crippen LogP contribution is 2.43. The summed E-state index contributed by atoms with van der Waals surface area (Å²) in [6.07, 6.45) is 2.42. The van der Waals surface area contributed by atoms with Gasteiger partial charge in [0.15, 0.2) is 0 Å².